The minimum absolute atomic E-state index is 0.246. The van der Waals surface area contributed by atoms with Gasteiger partial charge in [0, 0.05) is 17.7 Å². The summed E-state index contributed by atoms with van der Waals surface area (Å²) in [5.41, 5.74) is 2.21. The quantitative estimate of drug-likeness (QED) is 0.717. The maximum atomic E-state index is 12.8. The van der Waals surface area contributed by atoms with Gasteiger partial charge in [0.1, 0.15) is 6.04 Å². The molecule has 0 heterocycles. The number of para-hydroxylation sites is 1. The Morgan fingerprint density at radius 2 is 1.27 bits per heavy atom. The van der Waals surface area contributed by atoms with E-state index in [1.165, 1.54) is 0 Å². The molecule has 3 aromatic carbocycles. The summed E-state index contributed by atoms with van der Waals surface area (Å²) in [6, 6.07) is 27.1. The lowest BCUT2D eigenvalue weighted by molar-refractivity contribution is -0.118. The molecule has 130 valence electrons. The lowest BCUT2D eigenvalue weighted by Gasteiger charge is -2.19. The Labute approximate surface area is 152 Å². The normalized spacial score (nSPS) is 11.4. The summed E-state index contributed by atoms with van der Waals surface area (Å²) >= 11 is 0. The average molecular weight is 344 g/mol. The molecule has 4 heteroatoms. The summed E-state index contributed by atoms with van der Waals surface area (Å²) in [5, 5.41) is 5.72. The minimum Gasteiger partial charge on any atom is -0.340 e. The maximum Gasteiger partial charge on any atom is 0.251 e. The zero-order chi connectivity index (χ0) is 18.2. The summed E-state index contributed by atoms with van der Waals surface area (Å²) in [6.45, 7) is 0. The average Bonchev–Trinajstić information content (AvgIpc) is 2.69. The Hall–Kier alpha value is -3.40. The topological polar surface area (TPSA) is 58.2 Å². The molecule has 0 spiro atoms. The van der Waals surface area contributed by atoms with Gasteiger partial charge in [0.15, 0.2) is 0 Å². The molecule has 0 aliphatic carbocycles. The van der Waals surface area contributed by atoms with Crippen LogP contribution in [-0.4, -0.2) is 17.9 Å². The lowest BCUT2D eigenvalue weighted by atomic mass is 10.0. The van der Waals surface area contributed by atoms with E-state index >= 15 is 0 Å². The van der Waals surface area contributed by atoms with Gasteiger partial charge >= 0.3 is 0 Å². The number of amides is 2. The zero-order valence-electron chi connectivity index (χ0n) is 14.3. The number of hydrogen-bond acceptors (Lipinski definition) is 2. The monoisotopic (exact) mass is 344 g/mol. The second-order valence-corrected chi connectivity index (χ2v) is 5.94. The minimum atomic E-state index is -0.676. The number of benzene rings is 3. The maximum absolute atomic E-state index is 12.8. The van der Waals surface area contributed by atoms with E-state index in [1.54, 1.807) is 24.3 Å². The molecule has 0 saturated heterocycles. The van der Waals surface area contributed by atoms with Crippen LogP contribution < -0.4 is 10.6 Å². The highest BCUT2D eigenvalue weighted by atomic mass is 16.2. The third-order valence-electron chi connectivity index (χ3n) is 3.98. The standard InChI is InChI=1S/C22H20N2O2/c25-21(18-12-6-2-7-13-18)24-20(16-17-10-4-1-5-11-17)22(26)23-19-14-8-3-9-15-19/h1-15,20H,16H2,(H,23,26)(H,24,25)/t20-/m1/s1. The van der Waals surface area contributed by atoms with Crippen molar-refractivity contribution in [2.45, 2.75) is 12.5 Å². The third-order valence-corrected chi connectivity index (χ3v) is 3.98. The number of anilines is 1. The Morgan fingerprint density at radius 1 is 0.731 bits per heavy atom. The molecule has 1 atom stereocenters. The number of hydrogen-bond donors (Lipinski definition) is 2. The fourth-order valence-corrected chi connectivity index (χ4v) is 2.64. The molecule has 0 bridgehead atoms. The molecule has 0 radical (unpaired) electrons. The van der Waals surface area contributed by atoms with E-state index in [2.05, 4.69) is 10.6 Å². The van der Waals surface area contributed by atoms with Crippen LogP contribution in [0.3, 0.4) is 0 Å². The summed E-state index contributed by atoms with van der Waals surface area (Å²) < 4.78 is 0. The van der Waals surface area contributed by atoms with Crippen LogP contribution in [0, 0.1) is 0 Å². The van der Waals surface area contributed by atoms with Gasteiger partial charge in [-0.15, -0.1) is 0 Å². The first-order valence-electron chi connectivity index (χ1n) is 8.48. The smallest absolute Gasteiger partial charge is 0.251 e. The number of carbonyl (C=O) groups excluding carboxylic acids is 2. The predicted molar refractivity (Wildman–Crippen MR) is 103 cm³/mol. The van der Waals surface area contributed by atoms with Crippen molar-refractivity contribution >= 4 is 17.5 Å². The molecule has 0 unspecified atom stereocenters. The molecule has 0 saturated carbocycles. The fraction of sp³-hybridized carbons (Fsp3) is 0.0909. The summed E-state index contributed by atoms with van der Waals surface area (Å²) in [4.78, 5) is 25.3. The number of carbonyl (C=O) groups is 2. The van der Waals surface area contributed by atoms with Crippen LogP contribution >= 0.6 is 0 Å². The van der Waals surface area contributed by atoms with Gasteiger partial charge in [-0.3, -0.25) is 9.59 Å². The zero-order valence-corrected chi connectivity index (χ0v) is 14.3. The molecule has 0 aromatic heterocycles. The van der Waals surface area contributed by atoms with Gasteiger partial charge in [-0.2, -0.15) is 0 Å². The molecule has 2 amide bonds. The van der Waals surface area contributed by atoms with Crippen molar-refractivity contribution in [1.29, 1.82) is 0 Å². The molecule has 0 aliphatic heterocycles. The second-order valence-electron chi connectivity index (χ2n) is 5.94. The Kier molecular flexibility index (Phi) is 5.78. The number of rotatable bonds is 6. The Balaban J connectivity index is 1.76. The summed E-state index contributed by atoms with van der Waals surface area (Å²) in [6.07, 6.45) is 0.415. The summed E-state index contributed by atoms with van der Waals surface area (Å²) in [7, 11) is 0. The molecular weight excluding hydrogens is 324 g/mol. The molecule has 3 aromatic rings. The van der Waals surface area contributed by atoms with Gasteiger partial charge in [-0.1, -0.05) is 66.7 Å². The van der Waals surface area contributed by atoms with Crippen molar-refractivity contribution in [3.8, 4) is 0 Å². The fourth-order valence-electron chi connectivity index (χ4n) is 2.64. The summed E-state index contributed by atoms with van der Waals surface area (Å²) in [5.74, 6) is -0.515. The molecule has 4 nitrogen and oxygen atoms in total. The van der Waals surface area contributed by atoms with E-state index in [4.69, 9.17) is 0 Å². The highest BCUT2D eigenvalue weighted by Crippen LogP contribution is 2.10. The van der Waals surface area contributed by atoms with E-state index < -0.39 is 6.04 Å². The van der Waals surface area contributed by atoms with Crippen molar-refractivity contribution in [2.24, 2.45) is 0 Å². The lowest BCUT2D eigenvalue weighted by Crippen LogP contribution is -2.45. The van der Waals surface area contributed by atoms with Crippen LogP contribution in [0.15, 0.2) is 91.0 Å². The molecule has 2 N–H and O–H groups in total. The second kappa shape index (κ2) is 8.62. The van der Waals surface area contributed by atoms with Gasteiger partial charge in [0.2, 0.25) is 5.91 Å². The largest absolute Gasteiger partial charge is 0.340 e. The van der Waals surface area contributed by atoms with Crippen LogP contribution in [0.2, 0.25) is 0 Å². The predicted octanol–water partition coefficient (Wildman–Crippen LogP) is 3.67. The number of nitrogens with one attached hydrogen (secondary N) is 2. The Morgan fingerprint density at radius 3 is 1.88 bits per heavy atom. The van der Waals surface area contributed by atoms with E-state index in [0.29, 0.717) is 17.7 Å². The molecule has 26 heavy (non-hydrogen) atoms. The van der Waals surface area contributed by atoms with Crippen molar-refractivity contribution in [2.75, 3.05) is 5.32 Å². The highest BCUT2D eigenvalue weighted by Gasteiger charge is 2.22. The van der Waals surface area contributed by atoms with Crippen LogP contribution in [-0.2, 0) is 11.2 Å². The van der Waals surface area contributed by atoms with Crippen molar-refractivity contribution in [3.05, 3.63) is 102 Å². The first-order chi connectivity index (χ1) is 12.7. The third kappa shape index (κ3) is 4.80. The van der Waals surface area contributed by atoms with Crippen LogP contribution in [0.4, 0.5) is 5.69 Å². The van der Waals surface area contributed by atoms with Gasteiger partial charge in [-0.25, -0.2) is 0 Å². The van der Waals surface area contributed by atoms with Gasteiger partial charge in [-0.05, 0) is 29.8 Å². The van der Waals surface area contributed by atoms with Crippen LogP contribution in [0.1, 0.15) is 15.9 Å². The SMILES string of the molecule is O=C(N[C@H](Cc1ccccc1)C(=O)Nc1ccccc1)c1ccccc1. The van der Waals surface area contributed by atoms with E-state index in [-0.39, 0.29) is 11.8 Å². The van der Waals surface area contributed by atoms with Crippen LogP contribution in [0.25, 0.3) is 0 Å². The van der Waals surface area contributed by atoms with Gasteiger partial charge < -0.3 is 10.6 Å². The molecular formula is C22H20N2O2. The van der Waals surface area contributed by atoms with Crippen molar-refractivity contribution in [1.82, 2.24) is 5.32 Å². The molecule has 0 fully saturated rings. The van der Waals surface area contributed by atoms with E-state index in [1.807, 2.05) is 66.7 Å². The van der Waals surface area contributed by atoms with Gasteiger partial charge in [0.25, 0.3) is 5.91 Å². The molecule has 0 aliphatic rings. The van der Waals surface area contributed by atoms with Gasteiger partial charge in [0.05, 0.1) is 0 Å². The first-order valence-corrected chi connectivity index (χ1v) is 8.48. The first kappa shape index (κ1) is 17.4. The Bertz CT molecular complexity index is 849. The van der Waals surface area contributed by atoms with E-state index in [9.17, 15) is 9.59 Å². The molecule has 3 rings (SSSR count). The highest BCUT2D eigenvalue weighted by molar-refractivity contribution is 6.01. The van der Waals surface area contributed by atoms with E-state index in [0.717, 1.165) is 5.56 Å². The van der Waals surface area contributed by atoms with Crippen molar-refractivity contribution in [3.63, 3.8) is 0 Å². The van der Waals surface area contributed by atoms with Crippen LogP contribution in [0.5, 0.6) is 0 Å². The van der Waals surface area contributed by atoms with Crippen molar-refractivity contribution < 1.29 is 9.59 Å².